The van der Waals surface area contributed by atoms with E-state index in [4.69, 9.17) is 4.42 Å². The first kappa shape index (κ1) is 17.9. The van der Waals surface area contributed by atoms with Crippen LogP contribution in [0.5, 0.6) is 0 Å². The summed E-state index contributed by atoms with van der Waals surface area (Å²) < 4.78 is 5.57. The van der Waals surface area contributed by atoms with Crippen LogP contribution in [0.25, 0.3) is 0 Å². The predicted molar refractivity (Wildman–Crippen MR) is 102 cm³/mol. The van der Waals surface area contributed by atoms with E-state index in [2.05, 4.69) is 10.0 Å². The molecule has 7 nitrogen and oxygen atoms in total. The number of amides is 2. The fraction of sp³-hybridized carbons (Fsp3) is 0.421. The fourth-order valence-corrected chi connectivity index (χ4v) is 4.24. The van der Waals surface area contributed by atoms with Crippen LogP contribution in [0.15, 0.2) is 45.4 Å². The summed E-state index contributed by atoms with van der Waals surface area (Å²) in [6.07, 6.45) is 2.28. The van der Waals surface area contributed by atoms with Gasteiger partial charge in [-0.1, -0.05) is 6.07 Å². The molecule has 0 spiro atoms. The number of hydrogen-bond donors (Lipinski definition) is 0. The quantitative estimate of drug-likeness (QED) is 0.808. The van der Waals surface area contributed by atoms with Gasteiger partial charge < -0.3 is 9.32 Å². The lowest BCUT2D eigenvalue weighted by Crippen LogP contribution is -2.50. The van der Waals surface area contributed by atoms with Crippen molar-refractivity contribution in [2.75, 3.05) is 32.7 Å². The second-order valence-electron chi connectivity index (χ2n) is 6.78. The zero-order valence-electron chi connectivity index (χ0n) is 15.2. The van der Waals surface area contributed by atoms with E-state index in [0.717, 1.165) is 16.3 Å². The zero-order valence-corrected chi connectivity index (χ0v) is 16.0. The van der Waals surface area contributed by atoms with Crippen LogP contribution >= 0.6 is 11.3 Å². The van der Waals surface area contributed by atoms with Crippen LogP contribution in [0.4, 0.5) is 0 Å². The van der Waals surface area contributed by atoms with Gasteiger partial charge in [0.05, 0.1) is 23.4 Å². The molecule has 2 amide bonds. The van der Waals surface area contributed by atoms with Gasteiger partial charge in [-0.25, -0.2) is 5.01 Å². The van der Waals surface area contributed by atoms with Gasteiger partial charge in [-0.3, -0.25) is 14.5 Å². The van der Waals surface area contributed by atoms with Crippen molar-refractivity contribution in [3.05, 3.63) is 46.5 Å². The van der Waals surface area contributed by atoms with Crippen LogP contribution in [0.3, 0.4) is 0 Å². The van der Waals surface area contributed by atoms with E-state index in [-0.39, 0.29) is 17.9 Å². The third-order valence-electron chi connectivity index (χ3n) is 5.02. The third kappa shape index (κ3) is 3.81. The van der Waals surface area contributed by atoms with Gasteiger partial charge in [0, 0.05) is 39.5 Å². The molecule has 0 aromatic carbocycles. The SMILES string of the molecule is CC(=O)N1CCN(CC(=O)N2N=C(c3cccs3)CC2c2ccco2)CC1. The summed E-state index contributed by atoms with van der Waals surface area (Å²) in [7, 11) is 0. The topological polar surface area (TPSA) is 69.4 Å². The molecule has 2 aromatic heterocycles. The summed E-state index contributed by atoms with van der Waals surface area (Å²) in [6, 6.07) is 7.54. The number of rotatable bonds is 4. The Bertz CT molecular complexity index is 823. The van der Waals surface area contributed by atoms with Crippen LogP contribution in [-0.4, -0.2) is 65.1 Å². The molecule has 0 bridgehead atoms. The number of nitrogens with zero attached hydrogens (tertiary/aromatic N) is 4. The Hall–Kier alpha value is -2.45. The second kappa shape index (κ2) is 7.66. The summed E-state index contributed by atoms with van der Waals surface area (Å²) in [5.74, 6) is 0.794. The van der Waals surface area contributed by atoms with Gasteiger partial charge in [0.2, 0.25) is 5.91 Å². The second-order valence-corrected chi connectivity index (χ2v) is 7.73. The number of thiophene rings is 1. The van der Waals surface area contributed by atoms with Crippen LogP contribution < -0.4 is 0 Å². The van der Waals surface area contributed by atoms with Crippen LogP contribution in [0, 0.1) is 0 Å². The standard InChI is InChI=1S/C19H22N4O3S/c1-14(24)22-8-6-21(7-9-22)13-19(25)23-16(17-4-2-10-26-17)12-15(20-23)18-5-3-11-27-18/h2-5,10-11,16H,6-9,12-13H2,1H3. The van der Waals surface area contributed by atoms with E-state index < -0.39 is 0 Å². The first-order valence-electron chi connectivity index (χ1n) is 9.06. The van der Waals surface area contributed by atoms with Crippen molar-refractivity contribution in [1.29, 1.82) is 0 Å². The van der Waals surface area contributed by atoms with Gasteiger partial charge in [-0.2, -0.15) is 5.10 Å². The maximum atomic E-state index is 13.0. The minimum Gasteiger partial charge on any atom is -0.467 e. The third-order valence-corrected chi connectivity index (χ3v) is 5.94. The minimum atomic E-state index is -0.205. The highest BCUT2D eigenvalue weighted by atomic mass is 32.1. The summed E-state index contributed by atoms with van der Waals surface area (Å²) in [6.45, 7) is 4.60. The van der Waals surface area contributed by atoms with Gasteiger partial charge in [-0.05, 0) is 23.6 Å². The largest absolute Gasteiger partial charge is 0.467 e. The fourth-order valence-electron chi connectivity index (χ4n) is 3.52. The first-order chi connectivity index (χ1) is 13.1. The van der Waals surface area contributed by atoms with Gasteiger partial charge in [0.25, 0.3) is 5.91 Å². The summed E-state index contributed by atoms with van der Waals surface area (Å²) in [5.41, 5.74) is 0.918. The van der Waals surface area contributed by atoms with E-state index in [9.17, 15) is 9.59 Å². The average Bonchev–Trinajstić information content (AvgIpc) is 3.41. The monoisotopic (exact) mass is 386 g/mol. The maximum absolute atomic E-state index is 13.0. The molecule has 8 heteroatoms. The molecule has 2 aliphatic rings. The van der Waals surface area contributed by atoms with Crippen molar-refractivity contribution in [2.24, 2.45) is 5.10 Å². The zero-order chi connectivity index (χ0) is 18.8. The van der Waals surface area contributed by atoms with E-state index >= 15 is 0 Å². The average molecular weight is 386 g/mol. The lowest BCUT2D eigenvalue weighted by atomic mass is 10.1. The molecule has 4 rings (SSSR count). The Morgan fingerprint density at radius 3 is 2.67 bits per heavy atom. The number of furan rings is 1. The van der Waals surface area contributed by atoms with Gasteiger partial charge >= 0.3 is 0 Å². The molecular weight excluding hydrogens is 364 g/mol. The van der Waals surface area contributed by atoms with Crippen LogP contribution in [-0.2, 0) is 9.59 Å². The molecule has 0 radical (unpaired) electrons. The molecule has 27 heavy (non-hydrogen) atoms. The van der Waals surface area contributed by atoms with E-state index in [1.54, 1.807) is 29.5 Å². The van der Waals surface area contributed by atoms with E-state index in [1.807, 2.05) is 34.5 Å². The van der Waals surface area contributed by atoms with Gasteiger partial charge in [-0.15, -0.1) is 11.3 Å². The Kier molecular flexibility index (Phi) is 5.09. The van der Waals surface area contributed by atoms with Crippen LogP contribution in [0.2, 0.25) is 0 Å². The number of hydrogen-bond acceptors (Lipinski definition) is 6. The molecule has 1 unspecified atom stereocenters. The van der Waals surface area contributed by atoms with Crippen molar-refractivity contribution in [3.63, 3.8) is 0 Å². The Morgan fingerprint density at radius 2 is 2.04 bits per heavy atom. The summed E-state index contributed by atoms with van der Waals surface area (Å²) in [5, 5.41) is 8.22. The molecule has 4 heterocycles. The molecule has 0 N–H and O–H groups in total. The molecule has 0 saturated carbocycles. The smallest absolute Gasteiger partial charge is 0.257 e. The Labute approximate surface area is 161 Å². The highest BCUT2D eigenvalue weighted by Gasteiger charge is 2.36. The summed E-state index contributed by atoms with van der Waals surface area (Å²) >= 11 is 1.62. The molecule has 1 fully saturated rings. The molecule has 1 atom stereocenters. The first-order valence-corrected chi connectivity index (χ1v) is 9.94. The highest BCUT2D eigenvalue weighted by Crippen LogP contribution is 2.34. The van der Waals surface area contributed by atoms with Crippen molar-refractivity contribution in [1.82, 2.24) is 14.8 Å². The van der Waals surface area contributed by atoms with Crippen molar-refractivity contribution < 1.29 is 14.0 Å². The van der Waals surface area contributed by atoms with E-state index in [0.29, 0.717) is 39.1 Å². The Balaban J connectivity index is 1.47. The minimum absolute atomic E-state index is 0.0424. The van der Waals surface area contributed by atoms with Gasteiger partial charge in [0.15, 0.2) is 0 Å². The predicted octanol–water partition coefficient (Wildman–Crippen LogP) is 2.18. The number of hydrazone groups is 1. The molecule has 142 valence electrons. The van der Waals surface area contributed by atoms with Crippen molar-refractivity contribution in [3.8, 4) is 0 Å². The lowest BCUT2D eigenvalue weighted by molar-refractivity contribution is -0.135. The summed E-state index contributed by atoms with van der Waals surface area (Å²) in [4.78, 5) is 29.5. The highest BCUT2D eigenvalue weighted by molar-refractivity contribution is 7.12. The lowest BCUT2D eigenvalue weighted by Gasteiger charge is -2.34. The normalized spacial score (nSPS) is 20.8. The molecule has 1 saturated heterocycles. The Morgan fingerprint density at radius 1 is 1.22 bits per heavy atom. The molecule has 0 aliphatic carbocycles. The number of carbonyl (C=O) groups excluding carboxylic acids is 2. The maximum Gasteiger partial charge on any atom is 0.257 e. The molecular formula is C19H22N4O3S. The van der Waals surface area contributed by atoms with Crippen molar-refractivity contribution >= 4 is 28.9 Å². The number of piperazine rings is 1. The number of carbonyl (C=O) groups is 2. The molecule has 2 aliphatic heterocycles. The van der Waals surface area contributed by atoms with Crippen LogP contribution in [0.1, 0.15) is 30.0 Å². The molecule has 2 aromatic rings. The van der Waals surface area contributed by atoms with Crippen molar-refractivity contribution in [2.45, 2.75) is 19.4 Å². The van der Waals surface area contributed by atoms with Gasteiger partial charge in [0.1, 0.15) is 11.8 Å². The van der Waals surface area contributed by atoms with E-state index in [1.165, 1.54) is 0 Å².